The van der Waals surface area contributed by atoms with E-state index < -0.39 is 0 Å². The molecular formula is C12H16ClN3O2. The molecule has 0 saturated carbocycles. The van der Waals surface area contributed by atoms with Gasteiger partial charge in [0.15, 0.2) is 0 Å². The zero-order chi connectivity index (χ0) is 13.5. The highest BCUT2D eigenvalue weighted by molar-refractivity contribution is 6.30. The number of nitrogens with one attached hydrogen (secondary N) is 1. The first-order valence-electron chi connectivity index (χ1n) is 5.51. The van der Waals surface area contributed by atoms with Crippen LogP contribution in [0.1, 0.15) is 12.5 Å². The van der Waals surface area contributed by atoms with Gasteiger partial charge in [-0.15, -0.1) is 0 Å². The first kappa shape index (κ1) is 14.3. The standard InChI is InChI=1S/C12H16ClN3O2/c1-8(12(14)16-18)7-15-11(17)6-9-3-2-4-10(13)5-9/h2-5,8,18H,6-7H2,1H3,(H2,14,16)(H,15,17). The number of hydrogen-bond acceptors (Lipinski definition) is 3. The lowest BCUT2D eigenvalue weighted by molar-refractivity contribution is -0.120. The second-order valence-corrected chi connectivity index (χ2v) is 4.47. The molecule has 0 spiro atoms. The Hall–Kier alpha value is -1.75. The second-order valence-electron chi connectivity index (χ2n) is 4.04. The molecule has 1 atom stereocenters. The molecule has 1 aromatic carbocycles. The van der Waals surface area contributed by atoms with Gasteiger partial charge in [0.05, 0.1) is 6.42 Å². The number of amidine groups is 1. The van der Waals surface area contributed by atoms with Gasteiger partial charge < -0.3 is 16.3 Å². The van der Waals surface area contributed by atoms with Crippen LogP contribution in [0.2, 0.25) is 5.02 Å². The summed E-state index contributed by atoms with van der Waals surface area (Å²) in [6.45, 7) is 2.09. The molecule has 98 valence electrons. The first-order chi connectivity index (χ1) is 8.52. The molecule has 18 heavy (non-hydrogen) atoms. The summed E-state index contributed by atoms with van der Waals surface area (Å²) in [5, 5.41) is 14.7. The van der Waals surface area contributed by atoms with Gasteiger partial charge in [0.25, 0.3) is 0 Å². The molecule has 1 rings (SSSR count). The number of nitrogens with zero attached hydrogens (tertiary/aromatic N) is 1. The molecule has 6 heteroatoms. The van der Waals surface area contributed by atoms with Gasteiger partial charge in [0, 0.05) is 17.5 Å². The Labute approximate surface area is 111 Å². The van der Waals surface area contributed by atoms with Crippen molar-refractivity contribution < 1.29 is 10.0 Å². The van der Waals surface area contributed by atoms with Crippen LogP contribution >= 0.6 is 11.6 Å². The Morgan fingerprint density at radius 2 is 2.33 bits per heavy atom. The van der Waals surface area contributed by atoms with Crippen molar-refractivity contribution in [1.82, 2.24) is 5.32 Å². The Balaban J connectivity index is 2.43. The van der Waals surface area contributed by atoms with Gasteiger partial charge in [0.1, 0.15) is 5.84 Å². The second kappa shape index (κ2) is 6.86. The predicted molar refractivity (Wildman–Crippen MR) is 70.7 cm³/mol. The van der Waals surface area contributed by atoms with Crippen molar-refractivity contribution >= 4 is 23.3 Å². The van der Waals surface area contributed by atoms with Gasteiger partial charge in [-0.3, -0.25) is 4.79 Å². The maximum Gasteiger partial charge on any atom is 0.224 e. The summed E-state index contributed by atoms with van der Waals surface area (Å²) in [6.07, 6.45) is 0.253. The van der Waals surface area contributed by atoms with Crippen molar-refractivity contribution in [1.29, 1.82) is 0 Å². The Bertz CT molecular complexity index is 449. The fourth-order valence-electron chi connectivity index (χ4n) is 1.36. The Morgan fingerprint density at radius 3 is 2.94 bits per heavy atom. The summed E-state index contributed by atoms with van der Waals surface area (Å²) >= 11 is 5.82. The van der Waals surface area contributed by atoms with Crippen molar-refractivity contribution in [2.24, 2.45) is 16.8 Å². The first-order valence-corrected chi connectivity index (χ1v) is 5.89. The van der Waals surface area contributed by atoms with Gasteiger partial charge >= 0.3 is 0 Å². The van der Waals surface area contributed by atoms with E-state index in [0.29, 0.717) is 11.6 Å². The molecule has 0 saturated heterocycles. The summed E-state index contributed by atoms with van der Waals surface area (Å²) < 4.78 is 0. The van der Waals surface area contributed by atoms with Gasteiger partial charge in [-0.2, -0.15) is 0 Å². The summed E-state index contributed by atoms with van der Waals surface area (Å²) in [5.41, 5.74) is 6.25. The lowest BCUT2D eigenvalue weighted by Gasteiger charge is -2.11. The van der Waals surface area contributed by atoms with Crippen LogP contribution in [0.4, 0.5) is 0 Å². The topological polar surface area (TPSA) is 87.7 Å². The van der Waals surface area contributed by atoms with Crippen LogP contribution in [0.5, 0.6) is 0 Å². The normalized spacial score (nSPS) is 13.1. The number of nitrogens with two attached hydrogens (primary N) is 1. The zero-order valence-electron chi connectivity index (χ0n) is 10.1. The fourth-order valence-corrected chi connectivity index (χ4v) is 1.58. The number of oxime groups is 1. The maximum absolute atomic E-state index is 11.6. The van der Waals surface area contributed by atoms with E-state index >= 15 is 0 Å². The summed E-state index contributed by atoms with van der Waals surface area (Å²) in [7, 11) is 0. The minimum Gasteiger partial charge on any atom is -0.409 e. The van der Waals surface area contributed by atoms with Gasteiger partial charge in [-0.25, -0.2) is 0 Å². The summed E-state index contributed by atoms with van der Waals surface area (Å²) in [5.74, 6) is -0.244. The number of benzene rings is 1. The van der Waals surface area contributed by atoms with Crippen molar-refractivity contribution in [3.05, 3.63) is 34.9 Å². The third-order valence-electron chi connectivity index (χ3n) is 2.48. The lowest BCUT2D eigenvalue weighted by atomic mass is 10.1. The highest BCUT2D eigenvalue weighted by Gasteiger charge is 2.10. The van der Waals surface area contributed by atoms with E-state index in [4.69, 9.17) is 22.5 Å². The van der Waals surface area contributed by atoms with E-state index in [1.807, 2.05) is 6.07 Å². The Morgan fingerprint density at radius 1 is 1.61 bits per heavy atom. The van der Waals surface area contributed by atoms with Gasteiger partial charge in [-0.05, 0) is 17.7 Å². The molecule has 0 aromatic heterocycles. The van der Waals surface area contributed by atoms with E-state index in [2.05, 4.69) is 10.5 Å². The molecule has 0 fully saturated rings. The zero-order valence-corrected chi connectivity index (χ0v) is 10.8. The molecule has 4 N–H and O–H groups in total. The smallest absolute Gasteiger partial charge is 0.224 e. The molecule has 0 heterocycles. The van der Waals surface area contributed by atoms with E-state index in [-0.39, 0.29) is 24.1 Å². The number of amides is 1. The van der Waals surface area contributed by atoms with Crippen molar-refractivity contribution in [2.45, 2.75) is 13.3 Å². The van der Waals surface area contributed by atoms with E-state index in [1.165, 1.54) is 0 Å². The number of halogens is 1. The molecule has 0 aliphatic heterocycles. The van der Waals surface area contributed by atoms with E-state index in [9.17, 15) is 4.79 Å². The number of rotatable bonds is 5. The van der Waals surface area contributed by atoms with E-state index in [1.54, 1.807) is 25.1 Å². The van der Waals surface area contributed by atoms with Crippen molar-refractivity contribution in [2.75, 3.05) is 6.54 Å². The Kier molecular flexibility index (Phi) is 5.45. The summed E-state index contributed by atoms with van der Waals surface area (Å²) in [4.78, 5) is 11.6. The molecule has 0 bridgehead atoms. The third kappa shape index (κ3) is 4.63. The van der Waals surface area contributed by atoms with Crippen molar-refractivity contribution in [3.8, 4) is 0 Å². The molecule has 0 radical (unpaired) electrons. The quantitative estimate of drug-likeness (QED) is 0.327. The van der Waals surface area contributed by atoms with Gasteiger partial charge in [-0.1, -0.05) is 35.8 Å². The minimum atomic E-state index is -0.210. The number of hydrogen-bond donors (Lipinski definition) is 3. The van der Waals surface area contributed by atoms with Crippen LogP contribution in [0, 0.1) is 5.92 Å². The van der Waals surface area contributed by atoms with Crippen LogP contribution in [-0.2, 0) is 11.2 Å². The molecule has 1 aromatic rings. The van der Waals surface area contributed by atoms with Crippen LogP contribution in [0.25, 0.3) is 0 Å². The monoisotopic (exact) mass is 269 g/mol. The average molecular weight is 270 g/mol. The SMILES string of the molecule is CC(CNC(=O)Cc1cccc(Cl)c1)C(N)=NO. The number of carbonyl (C=O) groups excluding carboxylic acids is 1. The molecule has 5 nitrogen and oxygen atoms in total. The number of carbonyl (C=O) groups is 1. The lowest BCUT2D eigenvalue weighted by Crippen LogP contribution is -2.35. The van der Waals surface area contributed by atoms with Crippen LogP contribution in [0.3, 0.4) is 0 Å². The molecule has 0 aliphatic carbocycles. The largest absolute Gasteiger partial charge is 0.409 e. The average Bonchev–Trinajstić information content (AvgIpc) is 2.35. The highest BCUT2D eigenvalue weighted by Crippen LogP contribution is 2.10. The van der Waals surface area contributed by atoms with Crippen molar-refractivity contribution in [3.63, 3.8) is 0 Å². The molecular weight excluding hydrogens is 254 g/mol. The van der Waals surface area contributed by atoms with Crippen LogP contribution < -0.4 is 11.1 Å². The molecule has 1 amide bonds. The van der Waals surface area contributed by atoms with E-state index in [0.717, 1.165) is 5.56 Å². The minimum absolute atomic E-state index is 0.0954. The predicted octanol–water partition coefficient (Wildman–Crippen LogP) is 1.38. The molecule has 0 aliphatic rings. The van der Waals surface area contributed by atoms with Crippen LogP contribution in [-0.4, -0.2) is 23.5 Å². The highest BCUT2D eigenvalue weighted by atomic mass is 35.5. The third-order valence-corrected chi connectivity index (χ3v) is 2.71. The summed E-state index contributed by atoms with van der Waals surface area (Å²) in [6, 6.07) is 7.12. The van der Waals surface area contributed by atoms with Gasteiger partial charge in [0.2, 0.25) is 5.91 Å². The maximum atomic E-state index is 11.6. The fraction of sp³-hybridized carbons (Fsp3) is 0.333. The molecule has 1 unspecified atom stereocenters. The van der Waals surface area contributed by atoms with Crippen LogP contribution in [0.15, 0.2) is 29.4 Å².